The van der Waals surface area contributed by atoms with Gasteiger partial charge in [-0.15, -0.1) is 0 Å². The molecular formula is C7H20N3OP. The second-order valence-electron chi connectivity index (χ2n) is 2.98. The molecule has 1 atom stereocenters. The molecule has 0 amide bonds. The van der Waals surface area contributed by atoms with Gasteiger partial charge in [0.15, 0.2) is 0 Å². The highest BCUT2D eigenvalue weighted by Gasteiger charge is 2.30. The molecule has 4 nitrogen and oxygen atoms in total. The zero-order valence-corrected chi connectivity index (χ0v) is 9.27. The third-order valence-electron chi connectivity index (χ3n) is 2.04. The average molecular weight is 193 g/mol. The number of nitrogens with zero attached hydrogens (tertiary/aromatic N) is 1. The Morgan fingerprint density at radius 2 is 1.83 bits per heavy atom. The van der Waals surface area contributed by atoms with Gasteiger partial charge >= 0.3 is 0 Å². The van der Waals surface area contributed by atoms with Crippen LogP contribution in [0.5, 0.6) is 0 Å². The van der Waals surface area contributed by atoms with Crippen molar-refractivity contribution in [2.75, 3.05) is 13.1 Å². The van der Waals surface area contributed by atoms with Crippen molar-refractivity contribution in [1.82, 2.24) is 9.87 Å². The van der Waals surface area contributed by atoms with Crippen molar-refractivity contribution in [1.29, 1.82) is 0 Å². The SMILES string of the molecule is CCN(CC)P(=O)(NN)C(C)C. The van der Waals surface area contributed by atoms with E-state index in [1.54, 1.807) is 0 Å². The first kappa shape index (κ1) is 12.1. The van der Waals surface area contributed by atoms with Gasteiger partial charge in [0.2, 0.25) is 7.44 Å². The van der Waals surface area contributed by atoms with Crippen LogP contribution in [0.3, 0.4) is 0 Å². The fourth-order valence-corrected chi connectivity index (χ4v) is 3.16. The van der Waals surface area contributed by atoms with E-state index >= 15 is 0 Å². The normalized spacial score (nSPS) is 16.9. The molecule has 0 saturated carbocycles. The standard InChI is InChI=1S/C7H20N3OP/c1-5-10(6-2)12(11,9-8)7(3)4/h7H,5-6,8H2,1-4H3,(H,9,11). The minimum atomic E-state index is -2.52. The van der Waals surface area contributed by atoms with E-state index in [2.05, 4.69) is 5.20 Å². The number of hydrogen-bond acceptors (Lipinski definition) is 2. The summed E-state index contributed by atoms with van der Waals surface area (Å²) < 4.78 is 14.0. The molecule has 0 heterocycles. The first-order valence-electron chi connectivity index (χ1n) is 4.35. The number of hydrogen-bond donors (Lipinski definition) is 2. The van der Waals surface area contributed by atoms with Crippen molar-refractivity contribution in [3.63, 3.8) is 0 Å². The van der Waals surface area contributed by atoms with E-state index in [-0.39, 0.29) is 5.66 Å². The van der Waals surface area contributed by atoms with Crippen LogP contribution in [0, 0.1) is 0 Å². The highest BCUT2D eigenvalue weighted by atomic mass is 31.2. The molecule has 12 heavy (non-hydrogen) atoms. The largest absolute Gasteiger partial charge is 0.287 e. The van der Waals surface area contributed by atoms with Gasteiger partial charge < -0.3 is 0 Å². The molecule has 0 aliphatic rings. The summed E-state index contributed by atoms with van der Waals surface area (Å²) in [5.74, 6) is 5.31. The summed E-state index contributed by atoms with van der Waals surface area (Å²) in [5.41, 5.74) is 0.0578. The Labute approximate surface area is 75.0 Å². The first-order valence-corrected chi connectivity index (χ1v) is 6.08. The molecule has 0 saturated heterocycles. The van der Waals surface area contributed by atoms with Gasteiger partial charge in [0.1, 0.15) is 0 Å². The predicted molar refractivity (Wildman–Crippen MR) is 53.0 cm³/mol. The second kappa shape index (κ2) is 4.97. The van der Waals surface area contributed by atoms with Crippen LogP contribution in [-0.4, -0.2) is 23.4 Å². The Morgan fingerprint density at radius 3 is 1.92 bits per heavy atom. The molecule has 0 bridgehead atoms. The van der Waals surface area contributed by atoms with Crippen molar-refractivity contribution in [2.24, 2.45) is 5.84 Å². The van der Waals surface area contributed by atoms with Gasteiger partial charge in [-0.3, -0.25) is 10.4 Å². The third kappa shape index (κ3) is 2.30. The van der Waals surface area contributed by atoms with Gasteiger partial charge in [-0.1, -0.05) is 27.7 Å². The molecule has 0 aliphatic carbocycles. The Bertz CT molecular complexity index is 168. The smallest absolute Gasteiger partial charge is 0.229 e. The number of hydrazine groups is 1. The Hall–Kier alpha value is 0.110. The van der Waals surface area contributed by atoms with E-state index in [1.807, 2.05) is 32.4 Å². The van der Waals surface area contributed by atoms with E-state index in [0.29, 0.717) is 0 Å². The summed E-state index contributed by atoms with van der Waals surface area (Å²) in [6.45, 7) is 9.32. The summed E-state index contributed by atoms with van der Waals surface area (Å²) in [4.78, 5) is 0. The third-order valence-corrected chi connectivity index (χ3v) is 5.21. The van der Waals surface area contributed by atoms with E-state index in [4.69, 9.17) is 5.84 Å². The summed E-state index contributed by atoms with van der Waals surface area (Å²) in [7, 11) is -2.52. The van der Waals surface area contributed by atoms with Crippen LogP contribution in [0.15, 0.2) is 0 Å². The average Bonchev–Trinajstić information content (AvgIpc) is 2.05. The monoisotopic (exact) mass is 193 g/mol. The lowest BCUT2D eigenvalue weighted by atomic mass is 10.6. The molecule has 74 valence electrons. The van der Waals surface area contributed by atoms with Crippen LogP contribution in [0.2, 0.25) is 0 Å². The molecular weight excluding hydrogens is 173 g/mol. The van der Waals surface area contributed by atoms with E-state index in [1.165, 1.54) is 0 Å². The maximum Gasteiger partial charge on any atom is 0.229 e. The molecule has 5 heteroatoms. The predicted octanol–water partition coefficient (Wildman–Crippen LogP) is 1.39. The van der Waals surface area contributed by atoms with Crippen molar-refractivity contribution in [2.45, 2.75) is 33.4 Å². The summed E-state index contributed by atoms with van der Waals surface area (Å²) in [6.07, 6.45) is 0. The van der Waals surface area contributed by atoms with E-state index in [9.17, 15) is 4.57 Å². The lowest BCUT2D eigenvalue weighted by Crippen LogP contribution is -2.35. The van der Waals surface area contributed by atoms with Crippen LogP contribution < -0.4 is 11.0 Å². The topological polar surface area (TPSA) is 58.4 Å². The second-order valence-corrected chi connectivity index (χ2v) is 6.09. The lowest BCUT2D eigenvalue weighted by Gasteiger charge is -2.31. The molecule has 3 N–H and O–H groups in total. The minimum Gasteiger partial charge on any atom is -0.287 e. The first-order chi connectivity index (χ1) is 5.52. The molecule has 0 radical (unpaired) electrons. The van der Waals surface area contributed by atoms with Crippen molar-refractivity contribution < 1.29 is 4.57 Å². The molecule has 0 aromatic rings. The summed E-state index contributed by atoms with van der Waals surface area (Å²) in [5, 5.41) is 2.46. The molecule has 0 rings (SSSR count). The highest BCUT2D eigenvalue weighted by Crippen LogP contribution is 2.48. The Kier molecular flexibility index (Phi) is 5.02. The molecule has 0 spiro atoms. The summed E-state index contributed by atoms with van der Waals surface area (Å²) in [6, 6.07) is 0. The van der Waals surface area contributed by atoms with Gasteiger partial charge in [-0.25, -0.2) is 4.67 Å². The van der Waals surface area contributed by atoms with Crippen molar-refractivity contribution in [3.8, 4) is 0 Å². The zero-order chi connectivity index (χ0) is 9.78. The fraction of sp³-hybridized carbons (Fsp3) is 1.00. The van der Waals surface area contributed by atoms with Gasteiger partial charge in [-0.05, 0) is 0 Å². The van der Waals surface area contributed by atoms with Crippen LogP contribution in [0.1, 0.15) is 27.7 Å². The van der Waals surface area contributed by atoms with Gasteiger partial charge in [-0.2, -0.15) is 5.20 Å². The number of nitrogens with one attached hydrogen (secondary N) is 1. The molecule has 0 aromatic carbocycles. The molecule has 0 fully saturated rings. The maximum atomic E-state index is 12.1. The number of rotatable bonds is 5. The lowest BCUT2D eigenvalue weighted by molar-refractivity contribution is 0.426. The molecule has 0 aliphatic heterocycles. The van der Waals surface area contributed by atoms with Crippen LogP contribution >= 0.6 is 7.44 Å². The van der Waals surface area contributed by atoms with Gasteiger partial charge in [0, 0.05) is 18.7 Å². The van der Waals surface area contributed by atoms with Crippen molar-refractivity contribution in [3.05, 3.63) is 0 Å². The number of nitrogens with two attached hydrogens (primary N) is 1. The Balaban J connectivity index is 4.60. The Morgan fingerprint density at radius 1 is 1.42 bits per heavy atom. The molecule has 1 unspecified atom stereocenters. The fourth-order valence-electron chi connectivity index (χ4n) is 1.20. The van der Waals surface area contributed by atoms with Crippen LogP contribution in [-0.2, 0) is 4.57 Å². The summed E-state index contributed by atoms with van der Waals surface area (Å²) >= 11 is 0. The van der Waals surface area contributed by atoms with Crippen LogP contribution in [0.4, 0.5) is 0 Å². The highest BCUT2D eigenvalue weighted by molar-refractivity contribution is 7.60. The maximum absolute atomic E-state index is 12.1. The zero-order valence-electron chi connectivity index (χ0n) is 8.37. The molecule has 0 aromatic heterocycles. The van der Waals surface area contributed by atoms with Crippen LogP contribution in [0.25, 0.3) is 0 Å². The quantitative estimate of drug-likeness (QED) is 0.393. The van der Waals surface area contributed by atoms with E-state index < -0.39 is 7.44 Å². The van der Waals surface area contributed by atoms with Gasteiger partial charge in [0.25, 0.3) is 0 Å². The minimum absolute atomic E-state index is 0.0578. The van der Waals surface area contributed by atoms with Gasteiger partial charge in [0.05, 0.1) is 0 Å². The van der Waals surface area contributed by atoms with Crippen molar-refractivity contribution >= 4 is 7.44 Å². The van der Waals surface area contributed by atoms with E-state index in [0.717, 1.165) is 13.1 Å².